The van der Waals surface area contributed by atoms with Crippen molar-refractivity contribution in [3.63, 3.8) is 0 Å². The Kier molecular flexibility index (Phi) is 6.40. The number of nitrogens with one attached hydrogen (secondary N) is 2. The molecule has 22 heavy (non-hydrogen) atoms. The molecule has 2 atom stereocenters. The Bertz CT molecular complexity index is 464. The molecule has 4 heteroatoms. The second kappa shape index (κ2) is 8.30. The third kappa shape index (κ3) is 5.11. The van der Waals surface area contributed by atoms with Gasteiger partial charge in [0.1, 0.15) is 0 Å². The molecule has 4 nitrogen and oxygen atoms in total. The van der Waals surface area contributed by atoms with Crippen LogP contribution in [0.4, 0.5) is 0 Å². The van der Waals surface area contributed by atoms with Gasteiger partial charge in [0.2, 0.25) is 5.91 Å². The van der Waals surface area contributed by atoms with Crippen molar-refractivity contribution in [2.75, 3.05) is 33.7 Å². The van der Waals surface area contributed by atoms with E-state index in [-0.39, 0.29) is 11.9 Å². The maximum atomic E-state index is 12.1. The molecule has 0 aromatic heterocycles. The molecule has 1 saturated heterocycles. The molecule has 1 aliphatic heterocycles. The number of aryl methyl sites for hydroxylation is 1. The molecule has 1 fully saturated rings. The number of carbonyl (C=O) groups excluding carboxylic acids is 1. The van der Waals surface area contributed by atoms with Gasteiger partial charge in [-0.05, 0) is 58.4 Å². The molecule has 0 bridgehead atoms. The Morgan fingerprint density at radius 1 is 1.36 bits per heavy atom. The molecule has 1 heterocycles. The molecule has 1 amide bonds. The van der Waals surface area contributed by atoms with Gasteiger partial charge < -0.3 is 15.5 Å². The van der Waals surface area contributed by atoms with E-state index >= 15 is 0 Å². The number of benzene rings is 1. The summed E-state index contributed by atoms with van der Waals surface area (Å²) in [5, 5.41) is 6.45. The van der Waals surface area contributed by atoms with Crippen molar-refractivity contribution in [3.05, 3.63) is 35.4 Å². The lowest BCUT2D eigenvalue weighted by atomic mass is 10.0. The largest absolute Gasteiger partial charge is 0.354 e. The van der Waals surface area contributed by atoms with Crippen LogP contribution in [0.3, 0.4) is 0 Å². The summed E-state index contributed by atoms with van der Waals surface area (Å²) in [5.41, 5.74) is 2.51. The van der Waals surface area contributed by atoms with Crippen LogP contribution in [0.1, 0.15) is 36.4 Å². The number of amides is 1. The number of hydrogen-bond donors (Lipinski definition) is 2. The summed E-state index contributed by atoms with van der Waals surface area (Å²) in [4.78, 5) is 14.2. The fourth-order valence-corrected chi connectivity index (χ4v) is 2.98. The lowest BCUT2D eigenvalue weighted by molar-refractivity contribution is -0.121. The van der Waals surface area contributed by atoms with E-state index in [1.54, 1.807) is 0 Å². The fraction of sp³-hybridized carbons (Fsp3) is 0.611. The lowest BCUT2D eigenvalue weighted by Crippen LogP contribution is -2.34. The van der Waals surface area contributed by atoms with Crippen molar-refractivity contribution in [1.82, 2.24) is 15.5 Å². The van der Waals surface area contributed by atoms with Crippen molar-refractivity contribution in [2.24, 2.45) is 5.92 Å². The molecule has 2 rings (SSSR count). The maximum absolute atomic E-state index is 12.1. The van der Waals surface area contributed by atoms with Gasteiger partial charge in [0, 0.05) is 13.0 Å². The zero-order valence-corrected chi connectivity index (χ0v) is 14.1. The van der Waals surface area contributed by atoms with Gasteiger partial charge in [0.05, 0.1) is 6.04 Å². The van der Waals surface area contributed by atoms with Crippen LogP contribution in [-0.2, 0) is 4.79 Å². The van der Waals surface area contributed by atoms with E-state index in [9.17, 15) is 4.79 Å². The first kappa shape index (κ1) is 17.0. The van der Waals surface area contributed by atoms with Gasteiger partial charge in [-0.1, -0.05) is 29.8 Å². The van der Waals surface area contributed by atoms with E-state index in [4.69, 9.17) is 0 Å². The van der Waals surface area contributed by atoms with Crippen molar-refractivity contribution >= 4 is 5.91 Å². The minimum atomic E-state index is 0.172. The fourth-order valence-electron chi connectivity index (χ4n) is 2.98. The number of rotatable bonds is 7. The van der Waals surface area contributed by atoms with E-state index in [1.165, 1.54) is 17.5 Å². The Hall–Kier alpha value is -1.39. The van der Waals surface area contributed by atoms with E-state index in [0.717, 1.165) is 19.5 Å². The van der Waals surface area contributed by atoms with Gasteiger partial charge in [-0.2, -0.15) is 0 Å². The molecule has 1 aromatic carbocycles. The summed E-state index contributed by atoms with van der Waals surface area (Å²) in [5.74, 6) is 0.846. The highest BCUT2D eigenvalue weighted by Gasteiger charge is 2.18. The van der Waals surface area contributed by atoms with Crippen molar-refractivity contribution in [3.8, 4) is 0 Å². The van der Waals surface area contributed by atoms with Gasteiger partial charge in [-0.15, -0.1) is 0 Å². The second-order valence-electron chi connectivity index (χ2n) is 6.59. The summed E-state index contributed by atoms with van der Waals surface area (Å²) in [7, 11) is 4.11. The highest BCUT2D eigenvalue weighted by Crippen LogP contribution is 2.18. The molecule has 2 N–H and O–H groups in total. The van der Waals surface area contributed by atoms with Crippen LogP contribution in [0.5, 0.6) is 0 Å². The Labute approximate surface area is 134 Å². The lowest BCUT2D eigenvalue weighted by Gasteiger charge is -2.25. The molecular weight excluding hydrogens is 274 g/mol. The van der Waals surface area contributed by atoms with Gasteiger partial charge >= 0.3 is 0 Å². The van der Waals surface area contributed by atoms with Gasteiger partial charge in [-0.3, -0.25) is 4.79 Å². The van der Waals surface area contributed by atoms with Crippen molar-refractivity contribution in [1.29, 1.82) is 0 Å². The topological polar surface area (TPSA) is 44.4 Å². The molecule has 122 valence electrons. The Morgan fingerprint density at radius 3 is 2.68 bits per heavy atom. The van der Waals surface area contributed by atoms with E-state index in [1.807, 2.05) is 0 Å². The Balaban J connectivity index is 1.80. The van der Waals surface area contributed by atoms with Crippen LogP contribution in [0.25, 0.3) is 0 Å². The molecular formula is C18H29N3O. The number of hydrogen-bond acceptors (Lipinski definition) is 3. The molecule has 2 unspecified atom stereocenters. The average Bonchev–Trinajstić information content (AvgIpc) is 3.00. The van der Waals surface area contributed by atoms with Crippen LogP contribution >= 0.6 is 0 Å². The van der Waals surface area contributed by atoms with Crippen LogP contribution < -0.4 is 10.6 Å². The summed E-state index contributed by atoms with van der Waals surface area (Å²) in [6.07, 6.45) is 2.84. The molecule has 1 aromatic rings. The van der Waals surface area contributed by atoms with Gasteiger partial charge in [0.15, 0.2) is 0 Å². The Morgan fingerprint density at radius 2 is 2.09 bits per heavy atom. The predicted molar refractivity (Wildman–Crippen MR) is 90.8 cm³/mol. The average molecular weight is 303 g/mol. The first-order chi connectivity index (χ1) is 10.6. The van der Waals surface area contributed by atoms with Crippen LogP contribution in [-0.4, -0.2) is 44.5 Å². The number of carbonyl (C=O) groups is 1. The molecule has 1 aliphatic rings. The minimum absolute atomic E-state index is 0.172. The molecule has 0 saturated carbocycles. The predicted octanol–water partition coefficient (Wildman–Crippen LogP) is 2.10. The van der Waals surface area contributed by atoms with Crippen LogP contribution in [0, 0.1) is 12.8 Å². The summed E-state index contributed by atoms with van der Waals surface area (Å²) in [6.45, 7) is 4.92. The van der Waals surface area contributed by atoms with Crippen LogP contribution in [0.2, 0.25) is 0 Å². The van der Waals surface area contributed by atoms with Crippen molar-refractivity contribution < 1.29 is 4.79 Å². The smallest absolute Gasteiger partial charge is 0.220 e. The number of likely N-dealkylation sites (N-methyl/N-ethyl adjacent to an activating group) is 1. The highest BCUT2D eigenvalue weighted by molar-refractivity contribution is 5.75. The van der Waals surface area contributed by atoms with Gasteiger partial charge in [0.25, 0.3) is 0 Å². The monoisotopic (exact) mass is 303 g/mol. The van der Waals surface area contributed by atoms with E-state index in [0.29, 0.717) is 18.9 Å². The summed E-state index contributed by atoms with van der Waals surface area (Å²) in [6, 6.07) is 8.77. The third-order valence-corrected chi connectivity index (χ3v) is 4.52. The minimum Gasteiger partial charge on any atom is -0.354 e. The quantitative estimate of drug-likeness (QED) is 0.811. The maximum Gasteiger partial charge on any atom is 0.220 e. The number of nitrogens with zero attached hydrogens (tertiary/aromatic N) is 1. The summed E-state index contributed by atoms with van der Waals surface area (Å²) < 4.78 is 0. The van der Waals surface area contributed by atoms with E-state index in [2.05, 4.69) is 60.8 Å². The van der Waals surface area contributed by atoms with E-state index < -0.39 is 0 Å². The standard InChI is InChI=1S/C18H29N3O/c1-14-4-7-16(8-5-14)17(21(2)3)13-20-18(22)9-6-15-10-11-19-12-15/h4-5,7-8,15,17,19H,6,9-13H2,1-3H3,(H,20,22). The van der Waals surface area contributed by atoms with Crippen molar-refractivity contribution in [2.45, 2.75) is 32.2 Å². The normalized spacial score (nSPS) is 19.4. The zero-order valence-electron chi connectivity index (χ0n) is 14.1. The first-order valence-electron chi connectivity index (χ1n) is 8.26. The molecule has 0 spiro atoms. The molecule has 0 aliphatic carbocycles. The third-order valence-electron chi connectivity index (χ3n) is 4.52. The first-order valence-corrected chi connectivity index (χ1v) is 8.26. The highest BCUT2D eigenvalue weighted by atomic mass is 16.1. The second-order valence-corrected chi connectivity index (χ2v) is 6.59. The van der Waals surface area contributed by atoms with Gasteiger partial charge in [-0.25, -0.2) is 0 Å². The molecule has 0 radical (unpaired) electrons. The zero-order chi connectivity index (χ0) is 15.9. The summed E-state index contributed by atoms with van der Waals surface area (Å²) >= 11 is 0. The van der Waals surface area contributed by atoms with Crippen LogP contribution in [0.15, 0.2) is 24.3 Å². The SMILES string of the molecule is Cc1ccc(C(CNC(=O)CCC2CCNC2)N(C)C)cc1.